The molecule has 0 atom stereocenters. The topological polar surface area (TPSA) is 118 Å². The fraction of sp³-hybridized carbons (Fsp3) is 0. The predicted molar refractivity (Wildman–Crippen MR) is 91.9 cm³/mol. The van der Waals surface area contributed by atoms with Crippen LogP contribution in [0, 0.1) is 0 Å². The maximum atomic E-state index is 12.0. The van der Waals surface area contributed by atoms with Gasteiger partial charge in [-0.25, -0.2) is 13.6 Å². The number of nitrogens with two attached hydrogens (primary N) is 1. The van der Waals surface area contributed by atoms with Gasteiger partial charge in [0, 0.05) is 15.6 Å². The molecule has 10 heteroatoms. The number of hydrogen-bond acceptors (Lipinski definition) is 4. The Labute approximate surface area is 151 Å². The number of rotatable bonds is 3. The molecule has 0 saturated carbocycles. The van der Waals surface area contributed by atoms with Gasteiger partial charge >= 0.3 is 0 Å². The van der Waals surface area contributed by atoms with Gasteiger partial charge < -0.3 is 0 Å². The Kier molecular flexibility index (Phi) is 5.60. The normalized spacial score (nSPS) is 11.0. The van der Waals surface area contributed by atoms with Crippen molar-refractivity contribution in [2.75, 3.05) is 0 Å². The summed E-state index contributed by atoms with van der Waals surface area (Å²) < 4.78 is 23.6. The second kappa shape index (κ2) is 7.31. The Bertz CT molecular complexity index is 901. The van der Waals surface area contributed by atoms with Gasteiger partial charge in [0.1, 0.15) is 4.90 Å². The molecular formula is C14H11BrClN3O4S. The van der Waals surface area contributed by atoms with Gasteiger partial charge in [-0.05, 0) is 42.5 Å². The summed E-state index contributed by atoms with van der Waals surface area (Å²) in [7, 11) is -4.07. The molecule has 0 spiro atoms. The van der Waals surface area contributed by atoms with E-state index < -0.39 is 21.8 Å². The Morgan fingerprint density at radius 1 is 0.958 bits per heavy atom. The molecule has 7 nitrogen and oxygen atoms in total. The largest absolute Gasteiger partial charge is 0.269 e. The standard InChI is InChI=1S/C14H11BrClN3O4S/c15-10-4-1-8(2-5-10)13(20)18-19-14(21)9-3-6-11(16)12(7-9)24(17,22)23/h1-7H,(H,18,20)(H,19,21)(H2,17,22,23). The summed E-state index contributed by atoms with van der Waals surface area (Å²) >= 11 is 8.99. The first-order valence-corrected chi connectivity index (χ1v) is 9.09. The van der Waals surface area contributed by atoms with Crippen molar-refractivity contribution in [3.63, 3.8) is 0 Å². The zero-order valence-electron chi connectivity index (χ0n) is 11.9. The SMILES string of the molecule is NS(=O)(=O)c1cc(C(=O)NNC(=O)c2ccc(Br)cc2)ccc1Cl. The lowest BCUT2D eigenvalue weighted by Crippen LogP contribution is -2.41. The zero-order chi connectivity index (χ0) is 17.9. The molecule has 0 aliphatic heterocycles. The van der Waals surface area contributed by atoms with Crippen molar-refractivity contribution in [3.8, 4) is 0 Å². The summed E-state index contributed by atoms with van der Waals surface area (Å²) in [4.78, 5) is 23.5. The second-order valence-electron chi connectivity index (χ2n) is 4.61. The zero-order valence-corrected chi connectivity index (χ0v) is 15.1. The van der Waals surface area contributed by atoms with Crippen LogP contribution in [0.15, 0.2) is 51.8 Å². The third-order valence-corrected chi connectivity index (χ3v) is 4.82. The first kappa shape index (κ1) is 18.4. The molecule has 4 N–H and O–H groups in total. The van der Waals surface area contributed by atoms with Crippen molar-refractivity contribution in [1.82, 2.24) is 10.9 Å². The number of carbonyl (C=O) groups is 2. The number of hydrogen-bond donors (Lipinski definition) is 3. The molecule has 0 aromatic heterocycles. The molecule has 2 aromatic rings. The average molecular weight is 433 g/mol. The van der Waals surface area contributed by atoms with Crippen LogP contribution in [0.3, 0.4) is 0 Å². The monoisotopic (exact) mass is 431 g/mol. The Morgan fingerprint density at radius 3 is 2.00 bits per heavy atom. The van der Waals surface area contributed by atoms with Crippen LogP contribution < -0.4 is 16.0 Å². The van der Waals surface area contributed by atoms with E-state index in [1.807, 2.05) is 0 Å². The molecule has 0 aliphatic rings. The molecule has 2 amide bonds. The highest BCUT2D eigenvalue weighted by atomic mass is 79.9. The van der Waals surface area contributed by atoms with Crippen molar-refractivity contribution < 1.29 is 18.0 Å². The van der Waals surface area contributed by atoms with E-state index in [2.05, 4.69) is 26.8 Å². The molecular weight excluding hydrogens is 422 g/mol. The molecule has 2 aromatic carbocycles. The van der Waals surface area contributed by atoms with Gasteiger partial charge in [-0.3, -0.25) is 20.4 Å². The molecule has 0 heterocycles. The Hall–Kier alpha value is -1.94. The van der Waals surface area contributed by atoms with Gasteiger partial charge in [0.05, 0.1) is 5.02 Å². The number of carbonyl (C=O) groups excluding carboxylic acids is 2. The highest BCUT2D eigenvalue weighted by Gasteiger charge is 2.17. The van der Waals surface area contributed by atoms with Gasteiger partial charge in [-0.2, -0.15) is 0 Å². The van der Waals surface area contributed by atoms with Crippen molar-refractivity contribution >= 4 is 49.4 Å². The van der Waals surface area contributed by atoms with Gasteiger partial charge in [-0.15, -0.1) is 0 Å². The summed E-state index contributed by atoms with van der Waals surface area (Å²) in [6.45, 7) is 0. The maximum Gasteiger partial charge on any atom is 0.269 e. The number of benzene rings is 2. The van der Waals surface area contributed by atoms with Crippen LogP contribution in [0.2, 0.25) is 5.02 Å². The highest BCUT2D eigenvalue weighted by molar-refractivity contribution is 9.10. The summed E-state index contributed by atoms with van der Waals surface area (Å²) in [6.07, 6.45) is 0. The summed E-state index contributed by atoms with van der Waals surface area (Å²) in [5.41, 5.74) is 4.71. The molecule has 24 heavy (non-hydrogen) atoms. The van der Waals surface area contributed by atoms with Gasteiger partial charge in [0.2, 0.25) is 10.0 Å². The minimum absolute atomic E-state index is 0.0282. The quantitative estimate of drug-likeness (QED) is 0.641. The molecule has 126 valence electrons. The van der Waals surface area contributed by atoms with Gasteiger partial charge in [0.25, 0.3) is 11.8 Å². The van der Waals surface area contributed by atoms with Crippen molar-refractivity contribution in [3.05, 3.63) is 63.1 Å². The number of primary sulfonamides is 1. The first-order chi connectivity index (χ1) is 11.2. The third-order valence-electron chi connectivity index (χ3n) is 2.90. The van der Waals surface area contributed by atoms with Crippen LogP contribution in [0.4, 0.5) is 0 Å². The smallest absolute Gasteiger partial charge is 0.267 e. The second-order valence-corrected chi connectivity index (χ2v) is 7.46. The van der Waals surface area contributed by atoms with E-state index in [1.165, 1.54) is 12.1 Å². The lowest BCUT2D eigenvalue weighted by atomic mass is 10.2. The molecule has 0 fully saturated rings. The number of amides is 2. The number of hydrazine groups is 1. The molecule has 0 aliphatic carbocycles. The van der Waals surface area contributed by atoms with E-state index in [9.17, 15) is 18.0 Å². The third kappa shape index (κ3) is 4.54. The lowest BCUT2D eigenvalue weighted by molar-refractivity contribution is 0.0846. The maximum absolute atomic E-state index is 12.0. The molecule has 0 radical (unpaired) electrons. The van der Waals surface area contributed by atoms with E-state index in [0.29, 0.717) is 5.56 Å². The number of nitrogens with one attached hydrogen (secondary N) is 2. The van der Waals surface area contributed by atoms with E-state index >= 15 is 0 Å². The van der Waals surface area contributed by atoms with Crippen LogP contribution in [-0.4, -0.2) is 20.2 Å². The van der Waals surface area contributed by atoms with Crippen LogP contribution in [-0.2, 0) is 10.0 Å². The summed E-state index contributed by atoms with van der Waals surface area (Å²) in [6, 6.07) is 10.0. The van der Waals surface area contributed by atoms with Crippen molar-refractivity contribution in [2.45, 2.75) is 4.90 Å². The predicted octanol–water partition coefficient (Wildman–Crippen LogP) is 1.82. The Morgan fingerprint density at radius 2 is 1.46 bits per heavy atom. The minimum atomic E-state index is -4.07. The fourth-order valence-electron chi connectivity index (χ4n) is 1.72. The fourth-order valence-corrected chi connectivity index (χ4v) is 3.06. The Balaban J connectivity index is 2.10. The molecule has 2 rings (SSSR count). The van der Waals surface area contributed by atoms with Crippen LogP contribution in [0.1, 0.15) is 20.7 Å². The van der Waals surface area contributed by atoms with Crippen molar-refractivity contribution in [1.29, 1.82) is 0 Å². The van der Waals surface area contributed by atoms with E-state index in [0.717, 1.165) is 10.5 Å². The van der Waals surface area contributed by atoms with Crippen molar-refractivity contribution in [2.24, 2.45) is 5.14 Å². The minimum Gasteiger partial charge on any atom is -0.267 e. The van der Waals surface area contributed by atoms with Crippen LogP contribution in [0.5, 0.6) is 0 Å². The molecule has 0 bridgehead atoms. The van der Waals surface area contributed by atoms with Crippen LogP contribution >= 0.6 is 27.5 Å². The highest BCUT2D eigenvalue weighted by Crippen LogP contribution is 2.21. The van der Waals surface area contributed by atoms with E-state index in [-0.39, 0.29) is 15.5 Å². The van der Waals surface area contributed by atoms with Gasteiger partial charge in [-0.1, -0.05) is 27.5 Å². The van der Waals surface area contributed by atoms with E-state index in [1.54, 1.807) is 24.3 Å². The van der Waals surface area contributed by atoms with Gasteiger partial charge in [0.15, 0.2) is 0 Å². The van der Waals surface area contributed by atoms with E-state index in [4.69, 9.17) is 16.7 Å². The first-order valence-electron chi connectivity index (χ1n) is 6.37. The summed E-state index contributed by atoms with van der Waals surface area (Å²) in [5, 5.41) is 4.92. The molecule has 0 unspecified atom stereocenters. The lowest BCUT2D eigenvalue weighted by Gasteiger charge is -2.09. The van der Waals surface area contributed by atoms with Crippen LogP contribution in [0.25, 0.3) is 0 Å². The number of sulfonamides is 1. The molecule has 0 saturated heterocycles. The summed E-state index contributed by atoms with van der Waals surface area (Å²) in [5.74, 6) is -1.25. The average Bonchev–Trinajstić information content (AvgIpc) is 2.52. The number of halogens is 2.